The van der Waals surface area contributed by atoms with E-state index < -0.39 is 0 Å². The average molecular weight is 319 g/mol. The van der Waals surface area contributed by atoms with Crippen LogP contribution in [0.4, 0.5) is 0 Å². The van der Waals surface area contributed by atoms with Crippen LogP contribution in [0.5, 0.6) is 0 Å². The molecule has 0 unspecified atom stereocenters. The molecule has 3 rings (SSSR count). The number of thiophene rings is 1. The van der Waals surface area contributed by atoms with Gasteiger partial charge in [-0.2, -0.15) is 0 Å². The molecule has 0 saturated heterocycles. The Kier molecular flexibility index (Phi) is 4.04. The van der Waals surface area contributed by atoms with E-state index >= 15 is 0 Å². The maximum atomic E-state index is 12.8. The fraction of sp³-hybridized carbons (Fsp3) is 0.562. The Morgan fingerprint density at radius 3 is 2.73 bits per heavy atom. The Morgan fingerprint density at radius 1 is 1.36 bits per heavy atom. The van der Waals surface area contributed by atoms with Crippen molar-refractivity contribution in [1.29, 1.82) is 0 Å². The number of aromatic nitrogens is 2. The van der Waals surface area contributed by atoms with Crippen LogP contribution in [0.1, 0.15) is 47.3 Å². The van der Waals surface area contributed by atoms with E-state index in [1.165, 1.54) is 41.5 Å². The van der Waals surface area contributed by atoms with E-state index in [0.29, 0.717) is 21.1 Å². The van der Waals surface area contributed by atoms with Gasteiger partial charge in [0.2, 0.25) is 0 Å². The molecule has 118 valence electrons. The van der Waals surface area contributed by atoms with Crippen LogP contribution in [0.3, 0.4) is 0 Å². The predicted octanol–water partition coefficient (Wildman–Crippen LogP) is 2.71. The Bertz CT molecular complexity index is 772. The van der Waals surface area contributed by atoms with Gasteiger partial charge < -0.3 is 9.47 Å². The van der Waals surface area contributed by atoms with Crippen molar-refractivity contribution in [2.24, 2.45) is 7.05 Å². The van der Waals surface area contributed by atoms with Crippen molar-refractivity contribution in [3.63, 3.8) is 0 Å². The second-order valence-corrected chi connectivity index (χ2v) is 7.10. The third-order valence-electron chi connectivity index (χ3n) is 4.65. The standard InChI is InChI=1S/C16H21N3O2S/c1-10-12-14(17-9-18(2)15(12)20)22-13(10)16(21)19(3)11-7-5-4-6-8-11/h9,11H,4-8H2,1-3H3. The van der Waals surface area contributed by atoms with Crippen LogP contribution in [0.15, 0.2) is 11.1 Å². The number of aryl methyl sites for hydroxylation is 2. The first-order valence-corrected chi connectivity index (χ1v) is 8.54. The molecule has 0 aromatic carbocycles. The van der Waals surface area contributed by atoms with Crippen molar-refractivity contribution >= 4 is 27.5 Å². The first-order valence-electron chi connectivity index (χ1n) is 7.72. The van der Waals surface area contributed by atoms with Gasteiger partial charge in [0.1, 0.15) is 4.83 Å². The molecule has 22 heavy (non-hydrogen) atoms. The fourth-order valence-electron chi connectivity index (χ4n) is 3.21. The number of hydrogen-bond donors (Lipinski definition) is 0. The minimum Gasteiger partial charge on any atom is -0.338 e. The average Bonchev–Trinajstić information content (AvgIpc) is 2.88. The van der Waals surface area contributed by atoms with Gasteiger partial charge in [-0.1, -0.05) is 19.3 Å². The second-order valence-electron chi connectivity index (χ2n) is 6.10. The van der Waals surface area contributed by atoms with Crippen LogP contribution in [0.2, 0.25) is 0 Å². The summed E-state index contributed by atoms with van der Waals surface area (Å²) in [7, 11) is 3.56. The van der Waals surface area contributed by atoms with E-state index in [1.54, 1.807) is 7.05 Å². The quantitative estimate of drug-likeness (QED) is 0.855. The maximum Gasteiger partial charge on any atom is 0.264 e. The molecule has 5 nitrogen and oxygen atoms in total. The lowest BCUT2D eigenvalue weighted by Crippen LogP contribution is -2.38. The summed E-state index contributed by atoms with van der Waals surface area (Å²) < 4.78 is 1.46. The van der Waals surface area contributed by atoms with E-state index in [-0.39, 0.29) is 11.5 Å². The zero-order valence-electron chi connectivity index (χ0n) is 13.3. The Morgan fingerprint density at radius 2 is 2.05 bits per heavy atom. The number of amides is 1. The van der Waals surface area contributed by atoms with E-state index in [0.717, 1.165) is 18.4 Å². The highest BCUT2D eigenvalue weighted by Crippen LogP contribution is 2.30. The molecule has 0 radical (unpaired) electrons. The molecule has 2 aromatic rings. The molecule has 0 aliphatic heterocycles. The van der Waals surface area contributed by atoms with Gasteiger partial charge in [0.05, 0.1) is 16.6 Å². The van der Waals surface area contributed by atoms with Gasteiger partial charge in [0.25, 0.3) is 11.5 Å². The summed E-state index contributed by atoms with van der Waals surface area (Å²) in [5.41, 5.74) is 0.680. The smallest absolute Gasteiger partial charge is 0.264 e. The SMILES string of the molecule is Cc1c(C(=O)N(C)C2CCCCC2)sc2ncn(C)c(=O)c12. The molecule has 2 heterocycles. The summed E-state index contributed by atoms with van der Waals surface area (Å²) in [5, 5.41) is 0.579. The van der Waals surface area contributed by atoms with E-state index in [2.05, 4.69) is 4.98 Å². The molecule has 1 saturated carbocycles. The van der Waals surface area contributed by atoms with Gasteiger partial charge in [-0.05, 0) is 25.3 Å². The lowest BCUT2D eigenvalue weighted by molar-refractivity contribution is 0.0700. The highest BCUT2D eigenvalue weighted by Gasteiger charge is 2.26. The van der Waals surface area contributed by atoms with Gasteiger partial charge in [-0.15, -0.1) is 11.3 Å². The third kappa shape index (κ3) is 2.45. The third-order valence-corrected chi connectivity index (χ3v) is 5.84. The molecule has 0 atom stereocenters. The van der Waals surface area contributed by atoms with Gasteiger partial charge >= 0.3 is 0 Å². The van der Waals surface area contributed by atoms with Crippen molar-refractivity contribution in [3.05, 3.63) is 27.1 Å². The highest BCUT2D eigenvalue weighted by atomic mass is 32.1. The molecule has 0 bridgehead atoms. The van der Waals surface area contributed by atoms with E-state index in [4.69, 9.17) is 0 Å². The Labute approximate surface area is 133 Å². The number of rotatable bonds is 2. The molecule has 2 aromatic heterocycles. The van der Waals surface area contributed by atoms with Crippen molar-refractivity contribution in [2.75, 3.05) is 7.05 Å². The summed E-state index contributed by atoms with van der Waals surface area (Å²) in [4.78, 5) is 32.5. The first-order chi connectivity index (χ1) is 10.5. The minimum atomic E-state index is -0.0851. The Hall–Kier alpha value is -1.69. The predicted molar refractivity (Wildman–Crippen MR) is 88.6 cm³/mol. The van der Waals surface area contributed by atoms with Gasteiger partial charge in [-0.25, -0.2) is 4.98 Å². The van der Waals surface area contributed by atoms with Crippen molar-refractivity contribution in [3.8, 4) is 0 Å². The number of hydrogen-bond acceptors (Lipinski definition) is 4. The second kappa shape index (κ2) is 5.83. The maximum absolute atomic E-state index is 12.8. The van der Waals surface area contributed by atoms with Crippen LogP contribution < -0.4 is 5.56 Å². The van der Waals surface area contributed by atoms with Gasteiger partial charge in [-0.3, -0.25) is 9.59 Å². The molecule has 0 N–H and O–H groups in total. The zero-order valence-corrected chi connectivity index (χ0v) is 14.1. The summed E-state index contributed by atoms with van der Waals surface area (Å²) in [6.45, 7) is 1.85. The topological polar surface area (TPSA) is 55.2 Å². The van der Waals surface area contributed by atoms with E-state index in [9.17, 15) is 9.59 Å². The molecule has 0 spiro atoms. The molecule has 1 amide bonds. The molecular weight excluding hydrogens is 298 g/mol. The molecule has 1 fully saturated rings. The van der Waals surface area contributed by atoms with Crippen LogP contribution >= 0.6 is 11.3 Å². The van der Waals surface area contributed by atoms with Crippen LogP contribution in [0, 0.1) is 6.92 Å². The van der Waals surface area contributed by atoms with Crippen LogP contribution in [-0.2, 0) is 7.05 Å². The molecule has 6 heteroatoms. The summed E-state index contributed by atoms with van der Waals surface area (Å²) in [6.07, 6.45) is 7.31. The van der Waals surface area contributed by atoms with Crippen molar-refractivity contribution in [1.82, 2.24) is 14.5 Å². The summed E-state index contributed by atoms with van der Waals surface area (Å²) in [5.74, 6) is 0.0226. The van der Waals surface area contributed by atoms with E-state index in [1.807, 2.05) is 18.9 Å². The Balaban J connectivity index is 1.99. The number of nitrogens with zero attached hydrogens (tertiary/aromatic N) is 3. The lowest BCUT2D eigenvalue weighted by atomic mass is 9.94. The van der Waals surface area contributed by atoms with Crippen molar-refractivity contribution in [2.45, 2.75) is 45.1 Å². The number of carbonyl (C=O) groups excluding carboxylic acids is 1. The molecular formula is C16H21N3O2S. The number of fused-ring (bicyclic) bond motifs is 1. The van der Waals surface area contributed by atoms with Crippen molar-refractivity contribution < 1.29 is 4.79 Å². The van der Waals surface area contributed by atoms with Crippen LogP contribution in [-0.4, -0.2) is 33.4 Å². The van der Waals surface area contributed by atoms with Gasteiger partial charge in [0, 0.05) is 20.1 Å². The zero-order chi connectivity index (χ0) is 15.9. The largest absolute Gasteiger partial charge is 0.338 e. The molecule has 1 aliphatic carbocycles. The summed E-state index contributed by atoms with van der Waals surface area (Å²) in [6, 6.07) is 0.321. The molecule has 1 aliphatic rings. The monoisotopic (exact) mass is 319 g/mol. The normalized spacial score (nSPS) is 16.1. The van der Waals surface area contributed by atoms with Crippen LogP contribution in [0.25, 0.3) is 10.2 Å². The summed E-state index contributed by atoms with van der Waals surface area (Å²) >= 11 is 1.33. The fourth-order valence-corrected chi connectivity index (χ4v) is 4.33. The highest BCUT2D eigenvalue weighted by molar-refractivity contribution is 7.20. The minimum absolute atomic E-state index is 0.0226. The van der Waals surface area contributed by atoms with Gasteiger partial charge in [0.15, 0.2) is 0 Å². The lowest BCUT2D eigenvalue weighted by Gasteiger charge is -2.31. The number of carbonyl (C=O) groups is 1. The first kappa shape index (κ1) is 15.2.